The van der Waals surface area contributed by atoms with Crippen LogP contribution in [0.2, 0.25) is 0 Å². The van der Waals surface area contributed by atoms with Crippen molar-refractivity contribution in [3.05, 3.63) is 47.8 Å². The summed E-state index contributed by atoms with van der Waals surface area (Å²) in [6, 6.07) is 10.7. The molecule has 4 rings (SSSR count). The van der Waals surface area contributed by atoms with Crippen LogP contribution in [-0.4, -0.2) is 18.7 Å². The number of hydrogen-bond donors (Lipinski definition) is 0. The van der Waals surface area contributed by atoms with E-state index in [-0.39, 0.29) is 6.10 Å². The van der Waals surface area contributed by atoms with Crippen LogP contribution in [-0.2, 0) is 0 Å². The number of benzene rings is 1. The molecule has 1 aliphatic carbocycles. The van der Waals surface area contributed by atoms with Gasteiger partial charge in [-0.25, -0.2) is 0 Å². The summed E-state index contributed by atoms with van der Waals surface area (Å²) in [5, 5.41) is 0. The lowest BCUT2D eigenvalue weighted by Gasteiger charge is -2.27. The highest BCUT2D eigenvalue weighted by Gasteiger charge is 2.28. The van der Waals surface area contributed by atoms with Gasteiger partial charge in [-0.05, 0) is 37.1 Å². The first-order valence-corrected chi connectivity index (χ1v) is 7.18. The molecule has 0 bridgehead atoms. The van der Waals surface area contributed by atoms with E-state index >= 15 is 0 Å². The first-order valence-electron chi connectivity index (χ1n) is 7.18. The highest BCUT2D eigenvalue weighted by molar-refractivity contribution is 5.52. The summed E-state index contributed by atoms with van der Waals surface area (Å²) < 4.78 is 17.1. The quantitative estimate of drug-likeness (QED) is 0.866. The van der Waals surface area contributed by atoms with Crippen molar-refractivity contribution in [3.8, 4) is 17.2 Å². The maximum Gasteiger partial charge on any atom is 0.204 e. The van der Waals surface area contributed by atoms with Crippen LogP contribution >= 0.6 is 0 Å². The third kappa shape index (κ3) is 2.31. The van der Waals surface area contributed by atoms with E-state index in [4.69, 9.17) is 14.2 Å². The van der Waals surface area contributed by atoms with E-state index in [1.54, 1.807) is 19.2 Å². The molecule has 21 heavy (non-hydrogen) atoms. The van der Waals surface area contributed by atoms with Gasteiger partial charge in [0.1, 0.15) is 6.61 Å². The topological polar surface area (TPSA) is 40.6 Å². The molecule has 1 aromatic heterocycles. The molecule has 2 aliphatic rings. The van der Waals surface area contributed by atoms with Crippen LogP contribution in [0.5, 0.6) is 17.2 Å². The Bertz CT molecular complexity index is 635. The number of ether oxygens (including phenoxy) is 3. The first-order chi connectivity index (χ1) is 10.3. The molecule has 1 saturated carbocycles. The lowest BCUT2D eigenvalue weighted by atomic mass is 10.1. The first kappa shape index (κ1) is 12.5. The highest BCUT2D eigenvalue weighted by atomic mass is 16.6. The van der Waals surface area contributed by atoms with E-state index in [9.17, 15) is 0 Å². The SMILES string of the molecule is COc1c[c]cc2c1OC(c1ccc(C3CC3)nc1)CO2. The molecule has 1 fully saturated rings. The Morgan fingerprint density at radius 1 is 1.29 bits per heavy atom. The minimum absolute atomic E-state index is 0.158. The maximum absolute atomic E-state index is 6.05. The summed E-state index contributed by atoms with van der Waals surface area (Å²) in [5.41, 5.74) is 2.21. The number of hydrogen-bond acceptors (Lipinski definition) is 4. The predicted octanol–water partition coefficient (Wildman–Crippen LogP) is 3.28. The molecule has 1 aromatic carbocycles. The standard InChI is InChI=1S/C17H16NO3/c1-19-14-3-2-4-15-17(14)21-16(10-20-15)12-7-8-13(18-9-12)11-5-6-11/h3-4,7-9,11,16H,5-6,10H2,1H3. The lowest BCUT2D eigenvalue weighted by Crippen LogP contribution is -2.22. The zero-order chi connectivity index (χ0) is 14.2. The van der Waals surface area contributed by atoms with Gasteiger partial charge in [-0.15, -0.1) is 0 Å². The fourth-order valence-electron chi connectivity index (χ4n) is 2.55. The summed E-state index contributed by atoms with van der Waals surface area (Å²) in [7, 11) is 1.61. The molecular weight excluding hydrogens is 266 g/mol. The fraction of sp³-hybridized carbons (Fsp3) is 0.353. The van der Waals surface area contributed by atoms with Crippen LogP contribution in [0.3, 0.4) is 0 Å². The molecule has 2 heterocycles. The van der Waals surface area contributed by atoms with Gasteiger partial charge in [0.2, 0.25) is 5.75 Å². The van der Waals surface area contributed by atoms with E-state index < -0.39 is 0 Å². The van der Waals surface area contributed by atoms with Crippen molar-refractivity contribution < 1.29 is 14.2 Å². The van der Waals surface area contributed by atoms with E-state index in [1.807, 2.05) is 6.20 Å². The normalized spacial score (nSPS) is 20.1. The molecule has 1 atom stereocenters. The third-order valence-electron chi connectivity index (χ3n) is 3.92. The van der Waals surface area contributed by atoms with Gasteiger partial charge in [0.05, 0.1) is 7.11 Å². The monoisotopic (exact) mass is 282 g/mol. The molecule has 1 radical (unpaired) electrons. The number of rotatable bonds is 3. The van der Waals surface area contributed by atoms with Crippen molar-refractivity contribution in [2.75, 3.05) is 13.7 Å². The number of nitrogens with zero attached hydrogens (tertiary/aromatic N) is 1. The number of methoxy groups -OCH3 is 1. The van der Waals surface area contributed by atoms with Gasteiger partial charge in [-0.3, -0.25) is 4.98 Å². The second-order valence-electron chi connectivity index (χ2n) is 5.43. The molecule has 0 spiro atoms. The molecule has 0 saturated heterocycles. The van der Waals surface area contributed by atoms with Crippen molar-refractivity contribution in [1.29, 1.82) is 0 Å². The maximum atomic E-state index is 6.05. The Kier molecular flexibility index (Phi) is 2.95. The Labute approximate surface area is 123 Å². The van der Waals surface area contributed by atoms with Gasteiger partial charge in [-0.2, -0.15) is 0 Å². The van der Waals surface area contributed by atoms with Crippen LogP contribution in [0.4, 0.5) is 0 Å². The Balaban J connectivity index is 1.59. The average Bonchev–Trinajstić information content (AvgIpc) is 3.39. The molecule has 1 unspecified atom stereocenters. The predicted molar refractivity (Wildman–Crippen MR) is 76.9 cm³/mol. The van der Waals surface area contributed by atoms with E-state index in [0.29, 0.717) is 29.8 Å². The van der Waals surface area contributed by atoms with E-state index in [1.165, 1.54) is 18.5 Å². The smallest absolute Gasteiger partial charge is 0.204 e. The van der Waals surface area contributed by atoms with Gasteiger partial charge < -0.3 is 14.2 Å². The summed E-state index contributed by atoms with van der Waals surface area (Å²) >= 11 is 0. The minimum Gasteiger partial charge on any atom is -0.493 e. The van der Waals surface area contributed by atoms with Crippen LogP contribution < -0.4 is 14.2 Å². The van der Waals surface area contributed by atoms with Gasteiger partial charge in [-0.1, -0.05) is 6.07 Å². The Hall–Kier alpha value is -2.23. The van der Waals surface area contributed by atoms with Gasteiger partial charge in [0.15, 0.2) is 17.6 Å². The zero-order valence-electron chi connectivity index (χ0n) is 11.8. The van der Waals surface area contributed by atoms with Crippen LogP contribution in [0.1, 0.15) is 36.1 Å². The van der Waals surface area contributed by atoms with Crippen LogP contribution in [0.25, 0.3) is 0 Å². The summed E-state index contributed by atoms with van der Waals surface area (Å²) in [6.45, 7) is 0.471. The van der Waals surface area contributed by atoms with Crippen molar-refractivity contribution in [2.45, 2.75) is 24.9 Å². The Morgan fingerprint density at radius 3 is 2.90 bits per heavy atom. The Morgan fingerprint density at radius 2 is 2.19 bits per heavy atom. The van der Waals surface area contributed by atoms with E-state index in [0.717, 1.165) is 5.56 Å². The van der Waals surface area contributed by atoms with Gasteiger partial charge in [0, 0.05) is 23.4 Å². The molecule has 0 amide bonds. The number of aromatic nitrogens is 1. The van der Waals surface area contributed by atoms with Gasteiger partial charge >= 0.3 is 0 Å². The summed E-state index contributed by atoms with van der Waals surface area (Å²) in [5.74, 6) is 2.62. The summed E-state index contributed by atoms with van der Waals surface area (Å²) in [6.07, 6.45) is 4.26. The van der Waals surface area contributed by atoms with Crippen molar-refractivity contribution in [3.63, 3.8) is 0 Å². The molecule has 1 aliphatic heterocycles. The van der Waals surface area contributed by atoms with Crippen molar-refractivity contribution >= 4 is 0 Å². The van der Waals surface area contributed by atoms with Crippen molar-refractivity contribution in [1.82, 2.24) is 4.98 Å². The summed E-state index contributed by atoms with van der Waals surface area (Å²) in [4.78, 5) is 4.54. The lowest BCUT2D eigenvalue weighted by molar-refractivity contribution is 0.0868. The molecule has 2 aromatic rings. The molecule has 0 N–H and O–H groups in total. The molecular formula is C17H16NO3. The van der Waals surface area contributed by atoms with Crippen LogP contribution in [0, 0.1) is 6.07 Å². The fourth-order valence-corrected chi connectivity index (χ4v) is 2.55. The average molecular weight is 282 g/mol. The molecule has 4 nitrogen and oxygen atoms in total. The van der Waals surface area contributed by atoms with E-state index in [2.05, 4.69) is 23.2 Å². The highest BCUT2D eigenvalue weighted by Crippen LogP contribution is 2.43. The molecule has 107 valence electrons. The zero-order valence-corrected chi connectivity index (χ0v) is 11.8. The van der Waals surface area contributed by atoms with Crippen LogP contribution in [0.15, 0.2) is 30.5 Å². The second kappa shape index (κ2) is 4.95. The minimum atomic E-state index is -0.158. The second-order valence-corrected chi connectivity index (χ2v) is 5.43. The van der Waals surface area contributed by atoms with Crippen molar-refractivity contribution in [2.24, 2.45) is 0 Å². The number of fused-ring (bicyclic) bond motifs is 1. The largest absolute Gasteiger partial charge is 0.493 e. The van der Waals surface area contributed by atoms with Gasteiger partial charge in [0.25, 0.3) is 0 Å². The third-order valence-corrected chi connectivity index (χ3v) is 3.92. The number of pyridine rings is 1. The molecule has 4 heteroatoms.